The van der Waals surface area contributed by atoms with Crippen LogP contribution in [0.3, 0.4) is 0 Å². The number of aromatic nitrogens is 1. The molecule has 2 aromatic carbocycles. The zero-order chi connectivity index (χ0) is 37.8. The number of hydrogen-bond donors (Lipinski definition) is 4. The molecule has 5 rings (SSSR count). The smallest absolute Gasteiger partial charge is 0.241 e. The fourth-order valence-corrected chi connectivity index (χ4v) is 8.35. The molecule has 2 aliphatic rings. The van der Waals surface area contributed by atoms with E-state index in [1.54, 1.807) is 24.3 Å². The molecule has 2 fully saturated rings. The molecular formula is C42H58ClN7O3. The van der Waals surface area contributed by atoms with Crippen molar-refractivity contribution in [1.29, 1.82) is 5.26 Å². The number of carbonyl (C=O) groups is 2. The minimum Gasteiger partial charge on any atom is -0.492 e. The van der Waals surface area contributed by atoms with Crippen LogP contribution in [-0.4, -0.2) is 61.5 Å². The van der Waals surface area contributed by atoms with Crippen LogP contribution < -0.4 is 26.0 Å². The monoisotopic (exact) mass is 743 g/mol. The molecule has 3 aromatic rings. The number of nitrogens with zero attached hydrogens (tertiary/aromatic N) is 3. The summed E-state index contributed by atoms with van der Waals surface area (Å²) in [4.78, 5) is 33.1. The summed E-state index contributed by atoms with van der Waals surface area (Å²) in [5.41, 5.74) is 3.39. The number of hydrogen-bond acceptors (Lipinski definition) is 8. The Morgan fingerprint density at radius 3 is 2.34 bits per heavy atom. The first-order chi connectivity index (χ1) is 25.6. The van der Waals surface area contributed by atoms with Crippen molar-refractivity contribution in [2.45, 2.75) is 110 Å². The van der Waals surface area contributed by atoms with Crippen molar-refractivity contribution < 1.29 is 14.3 Å². The Kier molecular flexibility index (Phi) is 14.8. The molecule has 1 saturated heterocycles. The lowest BCUT2D eigenvalue weighted by atomic mass is 9.68. The zero-order valence-corrected chi connectivity index (χ0v) is 32.8. The van der Waals surface area contributed by atoms with Crippen LogP contribution in [0, 0.1) is 22.7 Å². The summed E-state index contributed by atoms with van der Waals surface area (Å²) in [5, 5.41) is 24.2. The maximum Gasteiger partial charge on any atom is 0.241 e. The van der Waals surface area contributed by atoms with E-state index in [9.17, 15) is 14.9 Å². The summed E-state index contributed by atoms with van der Waals surface area (Å²) in [6, 6.07) is 10.9. The summed E-state index contributed by atoms with van der Waals surface area (Å²) >= 11 is 6.79. The van der Waals surface area contributed by atoms with Gasteiger partial charge in [-0.05, 0) is 88.8 Å². The van der Waals surface area contributed by atoms with Gasteiger partial charge in [-0.1, -0.05) is 76.3 Å². The minimum atomic E-state index is -0.290. The van der Waals surface area contributed by atoms with Gasteiger partial charge in [0.2, 0.25) is 11.8 Å². The molecule has 2 unspecified atom stereocenters. The van der Waals surface area contributed by atoms with E-state index in [-0.39, 0.29) is 29.2 Å². The first-order valence-corrected chi connectivity index (χ1v) is 20.0. The number of nitriles is 1. The van der Waals surface area contributed by atoms with E-state index in [1.165, 1.54) is 76.8 Å². The molecule has 1 spiro atoms. The Labute approximate surface area is 320 Å². The maximum atomic E-state index is 13.7. The normalized spacial score (nSPS) is 19.5. The fraction of sp³-hybridized carbons (Fsp3) is 0.571. The second-order valence-electron chi connectivity index (χ2n) is 15.4. The number of benzene rings is 2. The number of amides is 2. The third-order valence-corrected chi connectivity index (χ3v) is 11.2. The number of anilines is 4. The molecule has 11 heteroatoms. The van der Waals surface area contributed by atoms with Crippen molar-refractivity contribution in [3.8, 4) is 11.8 Å². The molecule has 0 radical (unpaired) electrons. The summed E-state index contributed by atoms with van der Waals surface area (Å²) < 4.78 is 5.86. The highest BCUT2D eigenvalue weighted by Gasteiger charge is 2.40. The molecule has 2 atom stereocenters. The molecular weight excluding hydrogens is 686 g/mol. The van der Waals surface area contributed by atoms with Gasteiger partial charge in [0.1, 0.15) is 11.8 Å². The quantitative estimate of drug-likeness (QED) is 0.153. The molecule has 1 saturated carbocycles. The van der Waals surface area contributed by atoms with Crippen LogP contribution in [-0.2, 0) is 9.59 Å². The number of pyridine rings is 1. The van der Waals surface area contributed by atoms with Gasteiger partial charge in [-0.25, -0.2) is 0 Å². The summed E-state index contributed by atoms with van der Waals surface area (Å²) in [7, 11) is 3.95. The average Bonchev–Trinajstić information content (AvgIpc) is 3.11. The SMILES string of the molecule is CCOc1cc2ncc(C#N)c(Nc3ccc(NC(=O)C4NCC5(CCCCCCCCCCC5)CC4C)c(Cl)c3)c2cc1NC(=O)CCCN(C)C. The summed E-state index contributed by atoms with van der Waals surface area (Å²) in [5.74, 6) is 0.516. The van der Waals surface area contributed by atoms with E-state index in [0.29, 0.717) is 63.0 Å². The lowest BCUT2D eigenvalue weighted by Gasteiger charge is -2.44. The number of fused-ring (bicyclic) bond motifs is 1. The Morgan fingerprint density at radius 1 is 1.02 bits per heavy atom. The van der Waals surface area contributed by atoms with Gasteiger partial charge >= 0.3 is 0 Å². The van der Waals surface area contributed by atoms with Crippen LogP contribution in [0.4, 0.5) is 22.7 Å². The number of piperidine rings is 1. The Hall–Kier alpha value is -3.91. The molecule has 1 aromatic heterocycles. The van der Waals surface area contributed by atoms with Gasteiger partial charge in [0, 0.05) is 36.3 Å². The van der Waals surface area contributed by atoms with E-state index in [1.807, 2.05) is 32.0 Å². The van der Waals surface area contributed by atoms with Gasteiger partial charge in [-0.3, -0.25) is 14.6 Å². The first-order valence-electron chi connectivity index (χ1n) is 19.7. The number of carbonyl (C=O) groups excluding carboxylic acids is 2. The van der Waals surface area contributed by atoms with E-state index < -0.39 is 0 Å². The molecule has 286 valence electrons. The molecule has 10 nitrogen and oxygen atoms in total. The predicted molar refractivity (Wildman–Crippen MR) is 216 cm³/mol. The van der Waals surface area contributed by atoms with Crippen LogP contribution >= 0.6 is 11.6 Å². The third kappa shape index (κ3) is 11.1. The maximum absolute atomic E-state index is 13.7. The number of nitrogens with one attached hydrogen (secondary N) is 4. The highest BCUT2D eigenvalue weighted by molar-refractivity contribution is 6.34. The van der Waals surface area contributed by atoms with E-state index in [4.69, 9.17) is 16.3 Å². The van der Waals surface area contributed by atoms with Crippen molar-refractivity contribution in [1.82, 2.24) is 15.2 Å². The van der Waals surface area contributed by atoms with E-state index >= 15 is 0 Å². The zero-order valence-electron chi connectivity index (χ0n) is 32.1. The van der Waals surface area contributed by atoms with Gasteiger partial charge in [0.05, 0.1) is 45.8 Å². The number of rotatable bonds is 11. The number of ether oxygens (including phenoxy) is 1. The summed E-state index contributed by atoms with van der Waals surface area (Å²) in [6.07, 6.45) is 18.1. The van der Waals surface area contributed by atoms with Gasteiger partial charge in [0.15, 0.2) is 0 Å². The van der Waals surface area contributed by atoms with Crippen molar-refractivity contribution in [3.63, 3.8) is 0 Å². The lowest BCUT2D eigenvalue weighted by molar-refractivity contribution is -0.121. The van der Waals surface area contributed by atoms with Gasteiger partial charge in [-0.15, -0.1) is 0 Å². The molecule has 0 bridgehead atoms. The van der Waals surface area contributed by atoms with E-state index in [2.05, 4.69) is 39.2 Å². The van der Waals surface area contributed by atoms with Crippen LogP contribution in [0.1, 0.15) is 109 Å². The van der Waals surface area contributed by atoms with Crippen LogP contribution in [0.15, 0.2) is 36.5 Å². The summed E-state index contributed by atoms with van der Waals surface area (Å²) in [6.45, 7) is 6.17. The largest absolute Gasteiger partial charge is 0.492 e. The highest BCUT2D eigenvalue weighted by atomic mass is 35.5. The first kappa shape index (κ1) is 40.3. The molecule has 53 heavy (non-hydrogen) atoms. The molecule has 2 amide bonds. The Morgan fingerprint density at radius 2 is 1.72 bits per heavy atom. The average molecular weight is 744 g/mol. The van der Waals surface area contributed by atoms with E-state index in [0.717, 1.165) is 25.9 Å². The van der Waals surface area contributed by atoms with Gasteiger partial charge in [0.25, 0.3) is 0 Å². The van der Waals surface area contributed by atoms with Crippen molar-refractivity contribution in [3.05, 3.63) is 47.1 Å². The second-order valence-corrected chi connectivity index (χ2v) is 15.9. The molecule has 4 N–H and O–H groups in total. The van der Waals surface area contributed by atoms with Gasteiger partial charge < -0.3 is 30.9 Å². The predicted octanol–water partition coefficient (Wildman–Crippen LogP) is 9.41. The van der Waals surface area contributed by atoms with Crippen LogP contribution in [0.5, 0.6) is 5.75 Å². The third-order valence-electron chi connectivity index (χ3n) is 10.9. The van der Waals surface area contributed by atoms with Crippen molar-refractivity contribution in [2.75, 3.05) is 49.7 Å². The highest BCUT2D eigenvalue weighted by Crippen LogP contribution is 2.42. The fourth-order valence-electron chi connectivity index (χ4n) is 8.12. The number of halogens is 1. The topological polar surface area (TPSA) is 131 Å². The van der Waals surface area contributed by atoms with Crippen molar-refractivity contribution in [2.24, 2.45) is 11.3 Å². The Balaban J connectivity index is 1.29. The second kappa shape index (κ2) is 19.4. The van der Waals surface area contributed by atoms with Crippen LogP contribution in [0.25, 0.3) is 10.9 Å². The van der Waals surface area contributed by atoms with Gasteiger partial charge in [-0.2, -0.15) is 5.26 Å². The molecule has 1 aliphatic carbocycles. The lowest BCUT2D eigenvalue weighted by Crippen LogP contribution is -2.55. The minimum absolute atomic E-state index is 0.0728. The van der Waals surface area contributed by atoms with Crippen molar-refractivity contribution >= 4 is 57.1 Å². The Bertz CT molecular complexity index is 1740. The standard InChI is InChI=1S/C42H58ClN7O3/c1-5-53-37-24-35-32(23-36(37)48-38(51)16-15-21-50(3)4)40(30(26-44)27-45-35)47-31-17-18-34(33(43)22-31)49-41(52)39-29(2)25-42(28-46-39)19-13-11-9-7-6-8-10-12-14-20-42/h17-18,22-24,27,29,39,46H,5-16,19-21,25,28H2,1-4H3,(H,45,47)(H,48,51)(H,49,52). The molecule has 1 aliphatic heterocycles. The van der Waals surface area contributed by atoms with Crippen LogP contribution in [0.2, 0.25) is 5.02 Å². The molecule has 2 heterocycles.